The fourth-order valence-corrected chi connectivity index (χ4v) is 17.0. The van der Waals surface area contributed by atoms with Crippen LogP contribution in [0.1, 0.15) is 11.1 Å². The number of aromatic nitrogens is 3. The van der Waals surface area contributed by atoms with Gasteiger partial charge >= 0.3 is 0 Å². The van der Waals surface area contributed by atoms with Crippen LogP contribution in [-0.4, -0.2) is 13.7 Å². The molecule has 1 aliphatic carbocycles. The summed E-state index contributed by atoms with van der Waals surface area (Å²) < 4.78 is 8.33. The lowest BCUT2D eigenvalue weighted by atomic mass is 9.94. The SMILES string of the molecule is Brc1ccc2c3ccccc3c3ccccc3c2c1.c1ccc(-n2c3ccccc3c3cc(-c4ccc5c(c4)Cc4ccccc4-5)ccc32)cc1.c1ccc(-n2c3ccccc3c3cc(-c4ccc5c6ccccc6n(-c6ccc7c8ccccc8c8ccccc8c7c6)c5c4)ccc32)cc1. The fraction of sp³-hybridized carbons (Fsp3) is 0.0103. The first-order valence-corrected chi connectivity index (χ1v) is 35.6. The first-order chi connectivity index (χ1) is 50.0. The Morgan fingerprint density at radius 3 is 1.02 bits per heavy atom. The molecule has 0 bridgehead atoms. The molecule has 0 saturated heterocycles. The zero-order valence-electron chi connectivity index (χ0n) is 55.1. The number of fused-ring (bicyclic) bond motifs is 24. The standard InChI is InChI=1S/C48H30N2.C31H21N.C18H11Br/c1-2-12-33(13-3-1)49-46-21-11-9-19-41(46)44-28-31(23-27-47(44)49)32-22-25-42-40-18-8-10-20-45(40)50(48(42)29-32)34-24-26-39-37-16-5-4-14-35(37)36-15-6-7-17-38(36)43(39)30-34;1-2-9-25(10-3-1)32-30-13-7-6-12-28(30)29-20-22(15-17-31(29)32)21-14-16-27-24(18-21)19-23-8-4-5-11-26(23)27;19-12-9-10-17-15-7-2-1-5-13(15)14-6-3-4-8-16(14)18(17)11-12/h1-30H;1-18,20H,19H2;1-11H. The molecule has 18 aromatic carbocycles. The number of rotatable bonds is 5. The Hall–Kier alpha value is -12.6. The summed E-state index contributed by atoms with van der Waals surface area (Å²) in [7, 11) is 0. The van der Waals surface area contributed by atoms with Crippen molar-refractivity contribution < 1.29 is 0 Å². The van der Waals surface area contributed by atoms with E-state index in [1.54, 1.807) is 0 Å². The monoisotopic (exact) mass is 1350 g/mol. The van der Waals surface area contributed by atoms with Crippen molar-refractivity contribution in [3.63, 3.8) is 0 Å². The number of benzene rings is 18. The van der Waals surface area contributed by atoms with E-state index < -0.39 is 0 Å². The van der Waals surface area contributed by atoms with E-state index in [9.17, 15) is 0 Å². The molecule has 0 unspecified atom stereocenters. The Balaban J connectivity index is 0.000000114. The van der Waals surface area contributed by atoms with Crippen LogP contribution < -0.4 is 0 Å². The zero-order valence-corrected chi connectivity index (χ0v) is 56.7. The van der Waals surface area contributed by atoms with Gasteiger partial charge in [-0.1, -0.05) is 283 Å². The molecule has 0 aliphatic heterocycles. The average molecular weight is 1350 g/mol. The van der Waals surface area contributed by atoms with E-state index >= 15 is 0 Å². The molecule has 0 saturated carbocycles. The van der Waals surface area contributed by atoms with Crippen LogP contribution in [-0.2, 0) is 6.42 Å². The van der Waals surface area contributed by atoms with Crippen molar-refractivity contribution in [3.8, 4) is 50.4 Å². The van der Waals surface area contributed by atoms with Gasteiger partial charge in [0.15, 0.2) is 0 Å². The molecule has 21 aromatic rings. The van der Waals surface area contributed by atoms with Crippen molar-refractivity contribution in [2.45, 2.75) is 6.42 Å². The van der Waals surface area contributed by atoms with Crippen LogP contribution in [0.3, 0.4) is 0 Å². The number of nitrogens with zero attached hydrogens (tertiary/aromatic N) is 3. The maximum Gasteiger partial charge on any atom is 0.0547 e. The lowest BCUT2D eigenvalue weighted by Crippen LogP contribution is -1.95. The van der Waals surface area contributed by atoms with Gasteiger partial charge in [-0.25, -0.2) is 0 Å². The van der Waals surface area contributed by atoms with Crippen molar-refractivity contribution in [1.29, 1.82) is 0 Å². The Bertz CT molecular complexity index is 6860. The number of hydrogen-bond acceptors (Lipinski definition) is 0. The summed E-state index contributed by atoms with van der Waals surface area (Å²) >= 11 is 3.58. The maximum atomic E-state index is 3.58. The van der Waals surface area contributed by atoms with Crippen LogP contribution in [0.25, 0.3) is 180 Å². The third-order valence-corrected chi connectivity index (χ3v) is 21.7. The molecule has 0 N–H and O–H groups in total. The van der Waals surface area contributed by atoms with E-state index in [0.29, 0.717) is 0 Å². The summed E-state index contributed by atoms with van der Waals surface area (Å²) in [6.07, 6.45) is 1.02. The molecule has 472 valence electrons. The van der Waals surface area contributed by atoms with Crippen molar-refractivity contribution in [2.75, 3.05) is 0 Å². The molecule has 4 heteroatoms. The van der Waals surface area contributed by atoms with E-state index in [1.807, 2.05) is 0 Å². The minimum absolute atomic E-state index is 1.02. The van der Waals surface area contributed by atoms with Gasteiger partial charge in [0, 0.05) is 53.9 Å². The highest BCUT2D eigenvalue weighted by molar-refractivity contribution is 9.10. The fourth-order valence-electron chi connectivity index (χ4n) is 16.7. The normalized spacial score (nSPS) is 12.0. The summed E-state index contributed by atoms with van der Waals surface area (Å²) in [5.41, 5.74) is 21.5. The van der Waals surface area contributed by atoms with Gasteiger partial charge in [0.25, 0.3) is 0 Å². The maximum absolute atomic E-state index is 3.58. The van der Waals surface area contributed by atoms with Crippen molar-refractivity contribution in [3.05, 3.63) is 380 Å². The Labute approximate surface area is 592 Å². The van der Waals surface area contributed by atoms with Crippen LogP contribution in [0, 0.1) is 0 Å². The van der Waals surface area contributed by atoms with Gasteiger partial charge in [-0.05, 0) is 213 Å². The second-order valence-electron chi connectivity index (χ2n) is 26.7. The number of halogens is 1. The van der Waals surface area contributed by atoms with Gasteiger partial charge in [-0.15, -0.1) is 0 Å². The molecule has 22 rings (SSSR count). The largest absolute Gasteiger partial charge is 0.309 e. The predicted molar refractivity (Wildman–Crippen MR) is 434 cm³/mol. The van der Waals surface area contributed by atoms with Crippen LogP contribution in [0.5, 0.6) is 0 Å². The summed E-state index contributed by atoms with van der Waals surface area (Å²) in [5.74, 6) is 0. The number of para-hydroxylation sites is 5. The van der Waals surface area contributed by atoms with Gasteiger partial charge in [0.05, 0.1) is 33.1 Å². The van der Waals surface area contributed by atoms with E-state index in [2.05, 4.69) is 394 Å². The smallest absolute Gasteiger partial charge is 0.0547 e. The minimum Gasteiger partial charge on any atom is -0.309 e. The highest BCUT2D eigenvalue weighted by atomic mass is 79.9. The summed E-state index contributed by atoms with van der Waals surface area (Å²) in [6.45, 7) is 0. The molecule has 3 nitrogen and oxygen atoms in total. The third kappa shape index (κ3) is 9.62. The highest BCUT2D eigenvalue weighted by Gasteiger charge is 2.22. The Morgan fingerprint density at radius 1 is 0.178 bits per heavy atom. The quantitative estimate of drug-likeness (QED) is 0.153. The molecule has 0 radical (unpaired) electrons. The van der Waals surface area contributed by atoms with Crippen LogP contribution in [0.2, 0.25) is 0 Å². The minimum atomic E-state index is 1.02. The Morgan fingerprint density at radius 2 is 0.505 bits per heavy atom. The van der Waals surface area contributed by atoms with Gasteiger partial charge in [-0.3, -0.25) is 0 Å². The van der Waals surface area contributed by atoms with Gasteiger partial charge in [0.1, 0.15) is 0 Å². The van der Waals surface area contributed by atoms with Gasteiger partial charge in [0.2, 0.25) is 0 Å². The number of hydrogen-bond donors (Lipinski definition) is 0. The first kappa shape index (κ1) is 58.5. The highest BCUT2D eigenvalue weighted by Crippen LogP contribution is 2.44. The predicted octanol–water partition coefficient (Wildman–Crippen LogP) is 26.9. The van der Waals surface area contributed by atoms with Crippen molar-refractivity contribution >= 4 is 146 Å². The van der Waals surface area contributed by atoms with E-state index in [1.165, 1.54) is 192 Å². The molecule has 0 atom stereocenters. The van der Waals surface area contributed by atoms with Gasteiger partial charge < -0.3 is 13.7 Å². The molecule has 3 heterocycles. The summed E-state index contributed by atoms with van der Waals surface area (Å²) in [6, 6.07) is 133. The molecule has 0 amide bonds. The molecular weight excluding hydrogens is 1290 g/mol. The zero-order chi connectivity index (χ0) is 66.7. The van der Waals surface area contributed by atoms with Crippen molar-refractivity contribution in [1.82, 2.24) is 13.7 Å². The average Bonchev–Trinajstić information content (AvgIpc) is 1.68. The topological polar surface area (TPSA) is 14.8 Å². The van der Waals surface area contributed by atoms with Crippen LogP contribution in [0.15, 0.2) is 368 Å². The molecule has 101 heavy (non-hydrogen) atoms. The first-order valence-electron chi connectivity index (χ1n) is 34.8. The second-order valence-corrected chi connectivity index (χ2v) is 27.6. The summed E-state index contributed by atoms with van der Waals surface area (Å²) in [5, 5.41) is 23.3. The summed E-state index contributed by atoms with van der Waals surface area (Å²) in [4.78, 5) is 0. The molecule has 0 fully saturated rings. The van der Waals surface area contributed by atoms with E-state index in [0.717, 1.165) is 10.9 Å². The third-order valence-electron chi connectivity index (χ3n) is 21.2. The van der Waals surface area contributed by atoms with Crippen LogP contribution in [0.4, 0.5) is 0 Å². The second kappa shape index (κ2) is 23.8. The lowest BCUT2D eigenvalue weighted by molar-refractivity contribution is 1.18. The Kier molecular flexibility index (Phi) is 13.8. The van der Waals surface area contributed by atoms with E-state index in [4.69, 9.17) is 0 Å². The van der Waals surface area contributed by atoms with Gasteiger partial charge in [-0.2, -0.15) is 0 Å². The molecule has 0 spiro atoms. The molecule has 3 aromatic heterocycles. The van der Waals surface area contributed by atoms with Crippen LogP contribution >= 0.6 is 15.9 Å². The van der Waals surface area contributed by atoms with E-state index in [-0.39, 0.29) is 0 Å². The lowest BCUT2D eigenvalue weighted by Gasteiger charge is -2.14. The molecule has 1 aliphatic rings. The van der Waals surface area contributed by atoms with Crippen molar-refractivity contribution in [2.24, 2.45) is 0 Å². The molecular formula is C97H62BrN3.